The molecular weight excluding hydrogens is 192 g/mol. The van der Waals surface area contributed by atoms with E-state index in [0.29, 0.717) is 0 Å². The predicted octanol–water partition coefficient (Wildman–Crippen LogP) is 0.631. The Kier molecular flexibility index (Phi) is 3.59. The molecule has 4 heteroatoms. The van der Waals surface area contributed by atoms with Gasteiger partial charge in [0.05, 0.1) is 0 Å². The summed E-state index contributed by atoms with van der Waals surface area (Å²) < 4.78 is 0. The molecule has 0 saturated carbocycles. The van der Waals surface area contributed by atoms with E-state index in [1.165, 1.54) is 12.8 Å². The molecule has 4 nitrogen and oxygen atoms in total. The van der Waals surface area contributed by atoms with Crippen LogP contribution in [0.3, 0.4) is 0 Å². The first-order valence-corrected chi connectivity index (χ1v) is 5.96. The van der Waals surface area contributed by atoms with Gasteiger partial charge in [-0.2, -0.15) is 0 Å². The van der Waals surface area contributed by atoms with Gasteiger partial charge in [0.1, 0.15) is 6.04 Å². The van der Waals surface area contributed by atoms with Crippen molar-refractivity contribution in [2.24, 2.45) is 0 Å². The van der Waals surface area contributed by atoms with E-state index in [1.54, 1.807) is 0 Å². The van der Waals surface area contributed by atoms with Crippen molar-refractivity contribution < 1.29 is 9.90 Å². The molecule has 0 amide bonds. The van der Waals surface area contributed by atoms with Crippen LogP contribution in [0.25, 0.3) is 0 Å². The first-order valence-electron chi connectivity index (χ1n) is 5.96. The molecule has 15 heavy (non-hydrogen) atoms. The minimum absolute atomic E-state index is 0.273. The van der Waals surface area contributed by atoms with E-state index in [2.05, 4.69) is 9.80 Å². The summed E-state index contributed by atoms with van der Waals surface area (Å²) in [5.74, 6) is -0.649. The topological polar surface area (TPSA) is 43.8 Å². The third kappa shape index (κ3) is 2.69. The fourth-order valence-electron chi connectivity index (χ4n) is 2.61. The van der Waals surface area contributed by atoms with Crippen LogP contribution in [0.2, 0.25) is 0 Å². The largest absolute Gasteiger partial charge is 0.480 e. The highest BCUT2D eigenvalue weighted by Crippen LogP contribution is 2.15. The predicted molar refractivity (Wildman–Crippen MR) is 57.9 cm³/mol. The average molecular weight is 212 g/mol. The molecule has 0 aromatic heterocycles. The van der Waals surface area contributed by atoms with Crippen molar-refractivity contribution in [2.45, 2.75) is 31.7 Å². The molecule has 86 valence electrons. The fourth-order valence-corrected chi connectivity index (χ4v) is 2.61. The first-order chi connectivity index (χ1) is 7.27. The summed E-state index contributed by atoms with van der Waals surface area (Å²) in [6.07, 6.45) is 4.77. The normalized spacial score (nSPS) is 25.9. The number of rotatable bonds is 4. The monoisotopic (exact) mass is 212 g/mol. The Bertz CT molecular complexity index is 221. The molecule has 0 aromatic carbocycles. The summed E-state index contributed by atoms with van der Waals surface area (Å²) >= 11 is 0. The van der Waals surface area contributed by atoms with Gasteiger partial charge in [0.2, 0.25) is 0 Å². The minimum Gasteiger partial charge on any atom is -0.480 e. The Balaban J connectivity index is 1.89. The molecule has 2 fully saturated rings. The standard InChI is InChI=1S/C11H20N2O2/c14-11(15)10(13-7-3-4-8-13)9-12-5-1-2-6-12/h10H,1-9H2,(H,14,15). The van der Waals surface area contributed by atoms with Gasteiger partial charge in [0.25, 0.3) is 0 Å². The molecule has 0 aromatic rings. The Morgan fingerprint density at radius 2 is 1.60 bits per heavy atom. The van der Waals surface area contributed by atoms with E-state index in [9.17, 15) is 9.90 Å². The molecule has 2 saturated heterocycles. The van der Waals surface area contributed by atoms with Crippen LogP contribution in [0.15, 0.2) is 0 Å². The molecule has 0 bridgehead atoms. The van der Waals surface area contributed by atoms with Gasteiger partial charge in [-0.3, -0.25) is 9.69 Å². The minimum atomic E-state index is -0.649. The lowest BCUT2D eigenvalue weighted by Gasteiger charge is -2.27. The number of carboxylic acid groups (broad SMARTS) is 1. The number of hydrogen-bond acceptors (Lipinski definition) is 3. The van der Waals surface area contributed by atoms with Crippen LogP contribution in [-0.2, 0) is 4.79 Å². The summed E-state index contributed by atoms with van der Waals surface area (Å²) in [5.41, 5.74) is 0. The van der Waals surface area contributed by atoms with Crippen LogP contribution in [-0.4, -0.2) is 59.6 Å². The lowest BCUT2D eigenvalue weighted by atomic mass is 10.2. The second-order valence-corrected chi connectivity index (χ2v) is 4.60. The molecule has 2 heterocycles. The summed E-state index contributed by atoms with van der Waals surface area (Å²) in [6.45, 7) is 4.81. The number of carbonyl (C=O) groups is 1. The lowest BCUT2D eigenvalue weighted by Crippen LogP contribution is -2.46. The Labute approximate surface area is 90.9 Å². The Hall–Kier alpha value is -0.610. The quantitative estimate of drug-likeness (QED) is 0.742. The smallest absolute Gasteiger partial charge is 0.322 e. The van der Waals surface area contributed by atoms with Crippen LogP contribution in [0.5, 0.6) is 0 Å². The third-order valence-electron chi connectivity index (χ3n) is 3.50. The highest BCUT2D eigenvalue weighted by molar-refractivity contribution is 5.73. The number of carboxylic acids is 1. The summed E-state index contributed by atoms with van der Waals surface area (Å²) in [7, 11) is 0. The molecule has 1 unspecified atom stereocenters. The molecule has 1 N–H and O–H groups in total. The van der Waals surface area contributed by atoms with Gasteiger partial charge >= 0.3 is 5.97 Å². The molecule has 2 aliphatic heterocycles. The average Bonchev–Trinajstić information content (AvgIpc) is 2.87. The highest BCUT2D eigenvalue weighted by atomic mass is 16.4. The van der Waals surface area contributed by atoms with Gasteiger partial charge in [-0.1, -0.05) is 0 Å². The van der Waals surface area contributed by atoms with Crippen LogP contribution in [0, 0.1) is 0 Å². The van der Waals surface area contributed by atoms with E-state index >= 15 is 0 Å². The maximum absolute atomic E-state index is 11.2. The van der Waals surface area contributed by atoms with Gasteiger partial charge in [-0.05, 0) is 51.9 Å². The zero-order chi connectivity index (χ0) is 10.7. The maximum Gasteiger partial charge on any atom is 0.322 e. The van der Waals surface area contributed by atoms with Crippen LogP contribution < -0.4 is 0 Å². The van der Waals surface area contributed by atoms with Crippen molar-refractivity contribution in [2.75, 3.05) is 32.7 Å². The van der Waals surface area contributed by atoms with Gasteiger partial charge in [-0.25, -0.2) is 0 Å². The molecule has 1 atom stereocenters. The zero-order valence-electron chi connectivity index (χ0n) is 9.19. The summed E-state index contributed by atoms with van der Waals surface area (Å²) in [6, 6.07) is -0.273. The van der Waals surface area contributed by atoms with Gasteiger partial charge < -0.3 is 10.0 Å². The van der Waals surface area contributed by atoms with E-state index in [-0.39, 0.29) is 6.04 Å². The highest BCUT2D eigenvalue weighted by Gasteiger charge is 2.30. The summed E-state index contributed by atoms with van der Waals surface area (Å²) in [5, 5.41) is 9.23. The van der Waals surface area contributed by atoms with E-state index in [0.717, 1.165) is 45.6 Å². The second kappa shape index (κ2) is 4.94. The van der Waals surface area contributed by atoms with Crippen molar-refractivity contribution in [1.29, 1.82) is 0 Å². The summed E-state index contributed by atoms with van der Waals surface area (Å²) in [4.78, 5) is 15.6. The van der Waals surface area contributed by atoms with Crippen LogP contribution in [0.4, 0.5) is 0 Å². The Morgan fingerprint density at radius 1 is 1.07 bits per heavy atom. The van der Waals surface area contributed by atoms with Crippen LogP contribution >= 0.6 is 0 Å². The molecule has 2 rings (SSSR count). The molecular formula is C11H20N2O2. The molecule has 0 spiro atoms. The van der Waals surface area contributed by atoms with E-state index in [1.807, 2.05) is 0 Å². The maximum atomic E-state index is 11.2. The van der Waals surface area contributed by atoms with Crippen LogP contribution in [0.1, 0.15) is 25.7 Å². The van der Waals surface area contributed by atoms with Gasteiger partial charge in [-0.15, -0.1) is 0 Å². The lowest BCUT2D eigenvalue weighted by molar-refractivity contribution is -0.143. The van der Waals surface area contributed by atoms with Crippen molar-refractivity contribution in [1.82, 2.24) is 9.80 Å². The fraction of sp³-hybridized carbons (Fsp3) is 0.909. The zero-order valence-corrected chi connectivity index (χ0v) is 9.19. The SMILES string of the molecule is O=C(O)C(CN1CCCC1)N1CCCC1. The van der Waals surface area contributed by atoms with Crippen molar-refractivity contribution >= 4 is 5.97 Å². The van der Waals surface area contributed by atoms with Gasteiger partial charge in [0.15, 0.2) is 0 Å². The number of aliphatic carboxylic acids is 1. The van der Waals surface area contributed by atoms with E-state index in [4.69, 9.17) is 0 Å². The molecule has 0 radical (unpaired) electrons. The molecule has 0 aliphatic carbocycles. The van der Waals surface area contributed by atoms with Crippen molar-refractivity contribution in [3.8, 4) is 0 Å². The third-order valence-corrected chi connectivity index (χ3v) is 3.50. The number of likely N-dealkylation sites (tertiary alicyclic amines) is 2. The molecule has 2 aliphatic rings. The number of hydrogen-bond donors (Lipinski definition) is 1. The Morgan fingerprint density at radius 3 is 2.13 bits per heavy atom. The first kappa shape index (κ1) is 10.9. The van der Waals surface area contributed by atoms with Gasteiger partial charge in [0, 0.05) is 6.54 Å². The number of nitrogens with zero attached hydrogens (tertiary/aromatic N) is 2. The second-order valence-electron chi connectivity index (χ2n) is 4.60. The van der Waals surface area contributed by atoms with E-state index < -0.39 is 5.97 Å². The van der Waals surface area contributed by atoms with Crippen molar-refractivity contribution in [3.63, 3.8) is 0 Å². The van der Waals surface area contributed by atoms with Crippen molar-refractivity contribution in [3.05, 3.63) is 0 Å².